The molecular weight excluding hydrogens is 306 g/mol. The van der Waals surface area contributed by atoms with Crippen molar-refractivity contribution in [3.63, 3.8) is 0 Å². The van der Waals surface area contributed by atoms with Crippen LogP contribution in [-0.2, 0) is 0 Å². The fourth-order valence-electron chi connectivity index (χ4n) is 2.48. The smallest absolute Gasteiger partial charge is 0.270 e. The SMILES string of the molecule is COc1ccc([C@@H](Nc2ccc([N+](=O)[O-])cc2C#N)C(C)C)cc1. The third kappa shape index (κ3) is 3.82. The molecule has 0 saturated heterocycles. The number of nitriles is 1. The van der Waals surface area contributed by atoms with E-state index in [1.807, 2.05) is 30.3 Å². The number of anilines is 1. The van der Waals surface area contributed by atoms with Crippen molar-refractivity contribution in [1.82, 2.24) is 0 Å². The molecule has 24 heavy (non-hydrogen) atoms. The van der Waals surface area contributed by atoms with E-state index in [-0.39, 0.29) is 23.2 Å². The Labute approximate surface area is 140 Å². The number of nitro groups is 1. The highest BCUT2D eigenvalue weighted by Gasteiger charge is 2.18. The number of hydrogen-bond donors (Lipinski definition) is 1. The van der Waals surface area contributed by atoms with E-state index in [9.17, 15) is 15.4 Å². The average molecular weight is 325 g/mol. The molecule has 2 rings (SSSR count). The van der Waals surface area contributed by atoms with Crippen LogP contribution in [0.25, 0.3) is 0 Å². The second kappa shape index (κ2) is 7.47. The van der Waals surface area contributed by atoms with Crippen molar-refractivity contribution >= 4 is 11.4 Å². The van der Waals surface area contributed by atoms with Gasteiger partial charge in [-0.3, -0.25) is 10.1 Å². The van der Waals surface area contributed by atoms with Gasteiger partial charge in [0, 0.05) is 12.1 Å². The minimum absolute atomic E-state index is 0.0375. The maximum atomic E-state index is 10.9. The lowest BCUT2D eigenvalue weighted by Crippen LogP contribution is -2.17. The van der Waals surface area contributed by atoms with Gasteiger partial charge in [0.1, 0.15) is 11.8 Å². The Morgan fingerprint density at radius 1 is 1.21 bits per heavy atom. The first-order valence-corrected chi connectivity index (χ1v) is 7.55. The molecule has 6 heteroatoms. The first kappa shape index (κ1) is 17.3. The second-order valence-corrected chi connectivity index (χ2v) is 5.74. The minimum atomic E-state index is -0.506. The van der Waals surface area contributed by atoms with E-state index in [0.29, 0.717) is 5.69 Å². The van der Waals surface area contributed by atoms with Gasteiger partial charge in [-0.2, -0.15) is 5.26 Å². The highest BCUT2D eigenvalue weighted by Crippen LogP contribution is 2.30. The Morgan fingerprint density at radius 2 is 1.88 bits per heavy atom. The molecule has 2 aromatic carbocycles. The Balaban J connectivity index is 2.34. The third-order valence-electron chi connectivity index (χ3n) is 3.79. The van der Waals surface area contributed by atoms with E-state index in [1.54, 1.807) is 13.2 Å². The summed E-state index contributed by atoms with van der Waals surface area (Å²) in [5, 5.41) is 23.5. The molecule has 0 heterocycles. The van der Waals surface area contributed by atoms with Crippen molar-refractivity contribution in [3.8, 4) is 11.8 Å². The summed E-state index contributed by atoms with van der Waals surface area (Å²) >= 11 is 0. The van der Waals surface area contributed by atoms with E-state index in [4.69, 9.17) is 4.74 Å². The zero-order valence-corrected chi connectivity index (χ0v) is 13.8. The predicted octanol–water partition coefficient (Wildman–Crippen LogP) is 4.28. The summed E-state index contributed by atoms with van der Waals surface area (Å²) in [6.07, 6.45) is 0. The van der Waals surface area contributed by atoms with Gasteiger partial charge in [0.2, 0.25) is 0 Å². The van der Waals surface area contributed by atoms with Crippen molar-refractivity contribution < 1.29 is 9.66 Å². The van der Waals surface area contributed by atoms with Crippen LogP contribution < -0.4 is 10.1 Å². The molecule has 0 amide bonds. The largest absolute Gasteiger partial charge is 0.497 e. The maximum absolute atomic E-state index is 10.9. The van der Waals surface area contributed by atoms with Crippen LogP contribution >= 0.6 is 0 Å². The molecule has 0 saturated carbocycles. The average Bonchev–Trinajstić information content (AvgIpc) is 2.59. The Morgan fingerprint density at radius 3 is 2.38 bits per heavy atom. The number of ether oxygens (including phenoxy) is 1. The van der Waals surface area contributed by atoms with Gasteiger partial charge in [-0.25, -0.2) is 0 Å². The van der Waals surface area contributed by atoms with Crippen molar-refractivity contribution in [2.24, 2.45) is 5.92 Å². The Bertz CT molecular complexity index is 764. The molecule has 0 aromatic heterocycles. The molecule has 0 aliphatic carbocycles. The van der Waals surface area contributed by atoms with Crippen molar-refractivity contribution in [1.29, 1.82) is 5.26 Å². The van der Waals surface area contributed by atoms with E-state index in [0.717, 1.165) is 11.3 Å². The molecule has 0 aliphatic rings. The highest BCUT2D eigenvalue weighted by molar-refractivity contribution is 5.62. The van der Waals surface area contributed by atoms with Gasteiger partial charge in [0.05, 0.1) is 29.3 Å². The summed E-state index contributed by atoms with van der Waals surface area (Å²) in [6, 6.07) is 13.9. The predicted molar refractivity (Wildman–Crippen MR) is 92.0 cm³/mol. The topological polar surface area (TPSA) is 88.2 Å². The second-order valence-electron chi connectivity index (χ2n) is 5.74. The number of methoxy groups -OCH3 is 1. The molecule has 1 atom stereocenters. The summed E-state index contributed by atoms with van der Waals surface area (Å²) < 4.78 is 5.17. The first-order chi connectivity index (χ1) is 11.5. The first-order valence-electron chi connectivity index (χ1n) is 7.55. The number of hydrogen-bond acceptors (Lipinski definition) is 5. The molecule has 0 unspecified atom stereocenters. The maximum Gasteiger partial charge on any atom is 0.270 e. The quantitative estimate of drug-likeness (QED) is 0.632. The van der Waals surface area contributed by atoms with Gasteiger partial charge in [-0.1, -0.05) is 26.0 Å². The van der Waals surface area contributed by atoms with Gasteiger partial charge in [0.25, 0.3) is 5.69 Å². The number of nitro benzene ring substituents is 1. The summed E-state index contributed by atoms with van der Waals surface area (Å²) in [5.41, 5.74) is 1.79. The van der Waals surface area contributed by atoms with Crippen molar-refractivity contribution in [3.05, 3.63) is 63.7 Å². The van der Waals surface area contributed by atoms with Gasteiger partial charge < -0.3 is 10.1 Å². The van der Waals surface area contributed by atoms with E-state index in [2.05, 4.69) is 19.2 Å². The highest BCUT2D eigenvalue weighted by atomic mass is 16.6. The van der Waals surface area contributed by atoms with Crippen molar-refractivity contribution in [2.45, 2.75) is 19.9 Å². The van der Waals surface area contributed by atoms with E-state index < -0.39 is 4.92 Å². The number of non-ortho nitro benzene ring substituents is 1. The van der Waals surface area contributed by atoms with E-state index in [1.165, 1.54) is 12.1 Å². The summed E-state index contributed by atoms with van der Waals surface area (Å²) in [6.45, 7) is 4.14. The fraction of sp³-hybridized carbons (Fsp3) is 0.278. The molecule has 0 bridgehead atoms. The number of nitrogens with zero attached hydrogens (tertiary/aromatic N) is 2. The molecule has 0 aliphatic heterocycles. The molecular formula is C18H19N3O3. The van der Waals surface area contributed by atoms with Gasteiger partial charge >= 0.3 is 0 Å². The van der Waals surface area contributed by atoms with Crippen LogP contribution in [-0.4, -0.2) is 12.0 Å². The molecule has 1 N–H and O–H groups in total. The van der Waals surface area contributed by atoms with Crippen molar-refractivity contribution in [2.75, 3.05) is 12.4 Å². The Kier molecular flexibility index (Phi) is 5.38. The van der Waals surface area contributed by atoms with Crippen LogP contribution in [0.1, 0.15) is 31.0 Å². The van der Waals surface area contributed by atoms with Crippen LogP contribution in [0, 0.1) is 27.4 Å². The van der Waals surface area contributed by atoms with Crippen LogP contribution in [0.3, 0.4) is 0 Å². The van der Waals surface area contributed by atoms with Crippen LogP contribution in [0.5, 0.6) is 5.75 Å². The summed E-state index contributed by atoms with van der Waals surface area (Å²) in [4.78, 5) is 10.4. The molecule has 6 nitrogen and oxygen atoms in total. The lowest BCUT2D eigenvalue weighted by molar-refractivity contribution is -0.384. The fourth-order valence-corrected chi connectivity index (χ4v) is 2.48. The Hall–Kier alpha value is -3.07. The van der Waals surface area contributed by atoms with E-state index >= 15 is 0 Å². The van der Waals surface area contributed by atoms with Crippen LogP contribution in [0.15, 0.2) is 42.5 Å². The van der Waals surface area contributed by atoms with Gasteiger partial charge in [0.15, 0.2) is 0 Å². The van der Waals surface area contributed by atoms with Gasteiger partial charge in [-0.15, -0.1) is 0 Å². The molecule has 0 radical (unpaired) electrons. The molecule has 0 spiro atoms. The monoisotopic (exact) mass is 325 g/mol. The zero-order valence-electron chi connectivity index (χ0n) is 13.8. The standard InChI is InChI=1S/C18H19N3O3/c1-12(2)18(13-4-7-16(24-3)8-5-13)20-17-9-6-15(21(22)23)10-14(17)11-19/h4-10,12,18,20H,1-3H3/t18-/m0/s1. The lowest BCUT2D eigenvalue weighted by Gasteiger charge is -2.24. The molecule has 2 aromatic rings. The van der Waals surface area contributed by atoms with Crippen LogP contribution in [0.2, 0.25) is 0 Å². The zero-order chi connectivity index (χ0) is 17.7. The normalized spacial score (nSPS) is 11.6. The minimum Gasteiger partial charge on any atom is -0.497 e. The lowest BCUT2D eigenvalue weighted by atomic mass is 9.95. The number of nitrogens with one attached hydrogen (secondary N) is 1. The summed E-state index contributed by atoms with van der Waals surface area (Å²) in [5.74, 6) is 1.02. The number of benzene rings is 2. The summed E-state index contributed by atoms with van der Waals surface area (Å²) in [7, 11) is 1.61. The number of rotatable bonds is 6. The van der Waals surface area contributed by atoms with Gasteiger partial charge in [-0.05, 0) is 29.7 Å². The van der Waals surface area contributed by atoms with Crippen LogP contribution in [0.4, 0.5) is 11.4 Å². The molecule has 0 fully saturated rings. The molecule has 124 valence electrons. The third-order valence-corrected chi connectivity index (χ3v) is 3.79.